The summed E-state index contributed by atoms with van der Waals surface area (Å²) < 4.78 is 1.06. The van der Waals surface area contributed by atoms with E-state index < -0.39 is 0 Å². The van der Waals surface area contributed by atoms with Crippen LogP contribution >= 0.6 is 22.6 Å². The average molecular weight is 463 g/mol. The van der Waals surface area contributed by atoms with Crippen molar-refractivity contribution in [3.63, 3.8) is 0 Å². The van der Waals surface area contributed by atoms with Gasteiger partial charge in [-0.3, -0.25) is 14.5 Å². The summed E-state index contributed by atoms with van der Waals surface area (Å²) in [4.78, 5) is 28.7. The number of nitrogens with one attached hydrogen (secondary N) is 1. The summed E-state index contributed by atoms with van der Waals surface area (Å²) in [6, 6.07) is 17.5. The van der Waals surface area contributed by atoms with Crippen LogP contribution in [-0.4, -0.2) is 54.3 Å². The Balaban J connectivity index is 1.43. The van der Waals surface area contributed by atoms with Crippen LogP contribution < -0.4 is 5.32 Å². The third-order valence-electron chi connectivity index (χ3n) is 4.43. The van der Waals surface area contributed by atoms with Gasteiger partial charge in [0, 0.05) is 41.9 Å². The Morgan fingerprint density at radius 3 is 2.38 bits per heavy atom. The van der Waals surface area contributed by atoms with Gasteiger partial charge in [0.05, 0.1) is 6.54 Å². The van der Waals surface area contributed by atoms with Gasteiger partial charge in [-0.05, 0) is 46.4 Å². The molecule has 1 fully saturated rings. The van der Waals surface area contributed by atoms with Gasteiger partial charge in [0.25, 0.3) is 5.91 Å². The van der Waals surface area contributed by atoms with Crippen LogP contribution in [0.15, 0.2) is 54.6 Å². The molecular formula is C20H22IN3O2. The quantitative estimate of drug-likeness (QED) is 0.694. The van der Waals surface area contributed by atoms with Gasteiger partial charge in [-0.15, -0.1) is 0 Å². The maximum Gasteiger partial charge on any atom is 0.253 e. The maximum absolute atomic E-state index is 12.6. The molecule has 1 saturated heterocycles. The van der Waals surface area contributed by atoms with E-state index in [2.05, 4.69) is 32.8 Å². The Hall–Kier alpha value is -1.93. The van der Waals surface area contributed by atoms with Crippen molar-refractivity contribution in [1.82, 2.24) is 15.1 Å². The highest BCUT2D eigenvalue weighted by atomic mass is 127. The van der Waals surface area contributed by atoms with E-state index in [1.165, 1.54) is 0 Å². The first-order valence-electron chi connectivity index (χ1n) is 8.69. The van der Waals surface area contributed by atoms with Crippen LogP contribution in [0.5, 0.6) is 0 Å². The van der Waals surface area contributed by atoms with Crippen LogP contribution in [0.2, 0.25) is 0 Å². The van der Waals surface area contributed by atoms with E-state index in [0.29, 0.717) is 39.3 Å². The standard InChI is InChI=1S/C20H22IN3O2/c21-18-8-4-7-17(13-18)20(26)24-11-9-23(10-12-24)15-19(25)22-14-16-5-2-1-3-6-16/h1-8,13H,9-12,14-15H2,(H,22,25). The summed E-state index contributed by atoms with van der Waals surface area (Å²) in [6.07, 6.45) is 0. The largest absolute Gasteiger partial charge is 0.351 e. The van der Waals surface area contributed by atoms with Gasteiger partial charge in [0.15, 0.2) is 0 Å². The number of carbonyl (C=O) groups excluding carboxylic acids is 2. The molecular weight excluding hydrogens is 441 g/mol. The highest BCUT2D eigenvalue weighted by Crippen LogP contribution is 2.12. The van der Waals surface area contributed by atoms with Crippen LogP contribution in [0.25, 0.3) is 0 Å². The molecule has 26 heavy (non-hydrogen) atoms. The second-order valence-electron chi connectivity index (χ2n) is 6.34. The Morgan fingerprint density at radius 1 is 0.962 bits per heavy atom. The topological polar surface area (TPSA) is 52.7 Å². The third-order valence-corrected chi connectivity index (χ3v) is 5.10. The van der Waals surface area contributed by atoms with Crippen LogP contribution in [0, 0.1) is 3.57 Å². The fraction of sp³-hybridized carbons (Fsp3) is 0.300. The number of amides is 2. The Kier molecular flexibility index (Phi) is 6.62. The molecule has 3 rings (SSSR count). The molecule has 2 aromatic rings. The van der Waals surface area contributed by atoms with Crippen LogP contribution in [0.3, 0.4) is 0 Å². The third kappa shape index (κ3) is 5.28. The smallest absolute Gasteiger partial charge is 0.253 e. The van der Waals surface area contributed by atoms with E-state index >= 15 is 0 Å². The highest BCUT2D eigenvalue weighted by molar-refractivity contribution is 14.1. The van der Waals surface area contributed by atoms with Crippen molar-refractivity contribution in [2.24, 2.45) is 0 Å². The number of hydrogen-bond donors (Lipinski definition) is 1. The van der Waals surface area contributed by atoms with Crippen LogP contribution in [0.1, 0.15) is 15.9 Å². The summed E-state index contributed by atoms with van der Waals surface area (Å²) in [6.45, 7) is 3.65. The first-order chi connectivity index (χ1) is 12.6. The molecule has 0 unspecified atom stereocenters. The molecule has 0 spiro atoms. The minimum atomic E-state index is 0.0197. The Morgan fingerprint density at radius 2 is 1.69 bits per heavy atom. The molecule has 1 aliphatic rings. The predicted octanol–water partition coefficient (Wildman–Crippen LogP) is 2.37. The number of benzene rings is 2. The maximum atomic E-state index is 12.6. The van der Waals surface area contributed by atoms with Crippen LogP contribution in [-0.2, 0) is 11.3 Å². The number of rotatable bonds is 5. The van der Waals surface area contributed by atoms with Crippen molar-refractivity contribution < 1.29 is 9.59 Å². The molecule has 1 N–H and O–H groups in total. The zero-order valence-electron chi connectivity index (χ0n) is 14.5. The molecule has 0 atom stereocenters. The SMILES string of the molecule is O=C(CN1CCN(C(=O)c2cccc(I)c2)CC1)NCc1ccccc1. The van der Waals surface area contributed by atoms with E-state index in [1.54, 1.807) is 0 Å². The van der Waals surface area contributed by atoms with Crippen molar-refractivity contribution in [2.45, 2.75) is 6.54 Å². The number of halogens is 1. The zero-order chi connectivity index (χ0) is 18.4. The van der Waals surface area contributed by atoms with Crippen molar-refractivity contribution in [3.8, 4) is 0 Å². The normalized spacial score (nSPS) is 14.9. The van der Waals surface area contributed by atoms with Gasteiger partial charge in [-0.2, -0.15) is 0 Å². The fourth-order valence-electron chi connectivity index (χ4n) is 2.97. The monoisotopic (exact) mass is 463 g/mol. The molecule has 0 radical (unpaired) electrons. The van der Waals surface area contributed by atoms with Gasteiger partial charge in [0.2, 0.25) is 5.91 Å². The highest BCUT2D eigenvalue weighted by Gasteiger charge is 2.23. The van der Waals surface area contributed by atoms with E-state index in [0.717, 1.165) is 14.7 Å². The van der Waals surface area contributed by atoms with Crippen molar-refractivity contribution in [2.75, 3.05) is 32.7 Å². The summed E-state index contributed by atoms with van der Waals surface area (Å²) in [5.74, 6) is 0.0861. The predicted molar refractivity (Wildman–Crippen MR) is 110 cm³/mol. The lowest BCUT2D eigenvalue weighted by Crippen LogP contribution is -2.51. The molecule has 0 aromatic heterocycles. The molecule has 5 nitrogen and oxygen atoms in total. The average Bonchev–Trinajstić information content (AvgIpc) is 2.67. The molecule has 136 valence electrons. The lowest BCUT2D eigenvalue weighted by Gasteiger charge is -2.34. The van der Waals surface area contributed by atoms with Crippen molar-refractivity contribution in [3.05, 3.63) is 69.3 Å². The minimum Gasteiger partial charge on any atom is -0.351 e. The molecule has 6 heteroatoms. The van der Waals surface area contributed by atoms with Gasteiger partial charge in [-0.25, -0.2) is 0 Å². The van der Waals surface area contributed by atoms with Gasteiger partial charge < -0.3 is 10.2 Å². The molecule has 2 amide bonds. The zero-order valence-corrected chi connectivity index (χ0v) is 16.7. The summed E-state index contributed by atoms with van der Waals surface area (Å²) in [5.41, 5.74) is 1.82. The molecule has 0 bridgehead atoms. The fourth-order valence-corrected chi connectivity index (χ4v) is 3.51. The van der Waals surface area contributed by atoms with E-state index in [4.69, 9.17) is 0 Å². The molecule has 0 aliphatic carbocycles. The van der Waals surface area contributed by atoms with E-state index in [1.807, 2.05) is 59.5 Å². The number of carbonyl (C=O) groups is 2. The number of nitrogens with zero attached hydrogens (tertiary/aromatic N) is 2. The lowest BCUT2D eigenvalue weighted by atomic mass is 10.2. The van der Waals surface area contributed by atoms with Gasteiger partial charge >= 0.3 is 0 Å². The summed E-state index contributed by atoms with van der Waals surface area (Å²) in [7, 11) is 0. The number of piperazine rings is 1. The second-order valence-corrected chi connectivity index (χ2v) is 7.59. The Labute approximate surface area is 167 Å². The minimum absolute atomic E-state index is 0.0197. The first-order valence-corrected chi connectivity index (χ1v) is 9.77. The van der Waals surface area contributed by atoms with Crippen molar-refractivity contribution >= 4 is 34.4 Å². The van der Waals surface area contributed by atoms with Gasteiger partial charge in [0.1, 0.15) is 0 Å². The second kappa shape index (κ2) is 9.14. The van der Waals surface area contributed by atoms with E-state index in [-0.39, 0.29) is 11.8 Å². The molecule has 1 heterocycles. The summed E-state index contributed by atoms with van der Waals surface area (Å²) >= 11 is 2.21. The van der Waals surface area contributed by atoms with Crippen molar-refractivity contribution in [1.29, 1.82) is 0 Å². The number of hydrogen-bond acceptors (Lipinski definition) is 3. The molecule has 2 aromatic carbocycles. The van der Waals surface area contributed by atoms with Crippen LogP contribution in [0.4, 0.5) is 0 Å². The lowest BCUT2D eigenvalue weighted by molar-refractivity contribution is -0.122. The van der Waals surface area contributed by atoms with E-state index in [9.17, 15) is 9.59 Å². The van der Waals surface area contributed by atoms with Gasteiger partial charge in [-0.1, -0.05) is 36.4 Å². The molecule has 1 aliphatic heterocycles. The molecule has 0 saturated carbocycles. The summed E-state index contributed by atoms with van der Waals surface area (Å²) in [5, 5.41) is 2.95. The first kappa shape index (κ1) is 18.8. The Bertz CT molecular complexity index is 759.